The molecule has 28 heavy (non-hydrogen) atoms. The quantitative estimate of drug-likeness (QED) is 0.562. The molecule has 0 saturated heterocycles. The van der Waals surface area contributed by atoms with Crippen LogP contribution in [0.5, 0.6) is 0 Å². The smallest absolute Gasteiger partial charge is 0.360 e. The lowest BCUT2D eigenvalue weighted by Gasteiger charge is -2.09. The molecule has 2 aromatic carbocycles. The van der Waals surface area contributed by atoms with Gasteiger partial charge in [0.05, 0.1) is 11.1 Å². The molecule has 3 aromatic rings. The largest absolute Gasteiger partial charge is 0.416 e. The van der Waals surface area contributed by atoms with E-state index in [1.807, 2.05) is 0 Å². The van der Waals surface area contributed by atoms with Crippen molar-refractivity contribution in [2.24, 2.45) is 0 Å². The highest BCUT2D eigenvalue weighted by atomic mass is 32.2. The molecule has 0 amide bonds. The van der Waals surface area contributed by atoms with Crippen molar-refractivity contribution in [2.45, 2.75) is 18.0 Å². The van der Waals surface area contributed by atoms with Gasteiger partial charge in [0.25, 0.3) is 0 Å². The third-order valence-corrected chi connectivity index (χ3v) is 5.14. The number of alkyl halides is 3. The zero-order chi connectivity index (χ0) is 20.9. The molecular weight excluding hydrogens is 405 g/mol. The van der Waals surface area contributed by atoms with Gasteiger partial charge in [-0.15, -0.1) is 0 Å². The highest BCUT2D eigenvalue weighted by Gasteiger charge is 2.30. The van der Waals surface area contributed by atoms with Crippen molar-refractivity contribution in [3.63, 3.8) is 0 Å². The molecule has 4 nitrogen and oxygen atoms in total. The fourth-order valence-electron chi connectivity index (χ4n) is 2.78. The van der Waals surface area contributed by atoms with E-state index in [1.165, 1.54) is 6.92 Å². The lowest BCUT2D eigenvalue weighted by atomic mass is 9.98. The summed E-state index contributed by atoms with van der Waals surface area (Å²) in [5, 5.41) is 3.77. The van der Waals surface area contributed by atoms with Gasteiger partial charge in [0.1, 0.15) is 28.0 Å². The van der Waals surface area contributed by atoms with Gasteiger partial charge in [0.15, 0.2) is 9.84 Å². The van der Waals surface area contributed by atoms with Gasteiger partial charge in [-0.25, -0.2) is 17.2 Å². The van der Waals surface area contributed by atoms with Gasteiger partial charge in [-0.1, -0.05) is 17.3 Å². The van der Waals surface area contributed by atoms with Crippen LogP contribution >= 0.6 is 0 Å². The Bertz CT molecular complexity index is 1130. The Morgan fingerprint density at radius 1 is 0.964 bits per heavy atom. The summed E-state index contributed by atoms with van der Waals surface area (Å²) in [4.78, 5) is -1.07. The molecule has 0 N–H and O–H groups in total. The molecule has 0 saturated carbocycles. The number of sulfone groups is 1. The van der Waals surface area contributed by atoms with Gasteiger partial charge >= 0.3 is 6.18 Å². The minimum Gasteiger partial charge on any atom is -0.360 e. The number of rotatable bonds is 3. The predicted octanol–water partition coefficient (Wildman–Crippen LogP) is 5.02. The molecule has 0 radical (unpaired) electrons. The highest BCUT2D eigenvalue weighted by molar-refractivity contribution is 7.90. The Morgan fingerprint density at radius 2 is 1.50 bits per heavy atom. The lowest BCUT2D eigenvalue weighted by molar-refractivity contribution is -0.137. The van der Waals surface area contributed by atoms with E-state index in [1.54, 1.807) is 0 Å². The van der Waals surface area contributed by atoms with Crippen LogP contribution in [-0.2, 0) is 16.0 Å². The summed E-state index contributed by atoms with van der Waals surface area (Å²) < 4.78 is 94.8. The Labute approximate surface area is 156 Å². The maximum Gasteiger partial charge on any atom is 0.416 e. The van der Waals surface area contributed by atoms with E-state index >= 15 is 0 Å². The van der Waals surface area contributed by atoms with Crippen molar-refractivity contribution in [1.82, 2.24) is 5.16 Å². The molecule has 10 heteroatoms. The Hall–Kier alpha value is -2.75. The van der Waals surface area contributed by atoms with Gasteiger partial charge in [0, 0.05) is 11.8 Å². The maximum absolute atomic E-state index is 14.3. The zero-order valence-corrected chi connectivity index (χ0v) is 15.3. The Kier molecular flexibility index (Phi) is 4.78. The van der Waals surface area contributed by atoms with Crippen LogP contribution in [0.1, 0.15) is 11.3 Å². The monoisotopic (exact) mass is 417 g/mol. The number of hydrogen-bond donors (Lipinski definition) is 0. The topological polar surface area (TPSA) is 60.2 Å². The first-order valence-electron chi connectivity index (χ1n) is 7.73. The van der Waals surface area contributed by atoms with Crippen molar-refractivity contribution in [2.75, 3.05) is 6.26 Å². The number of hydrogen-bond acceptors (Lipinski definition) is 4. The van der Waals surface area contributed by atoms with Gasteiger partial charge in [-0.2, -0.15) is 13.2 Å². The molecule has 0 aliphatic carbocycles. The van der Waals surface area contributed by atoms with Gasteiger partial charge < -0.3 is 4.52 Å². The molecule has 0 unspecified atom stereocenters. The molecule has 1 heterocycles. The van der Waals surface area contributed by atoms with Crippen LogP contribution in [0.2, 0.25) is 0 Å². The number of benzene rings is 2. The van der Waals surface area contributed by atoms with E-state index in [0.717, 1.165) is 36.4 Å². The van der Waals surface area contributed by atoms with E-state index in [9.17, 15) is 30.4 Å². The number of aryl methyl sites for hydroxylation is 1. The van der Waals surface area contributed by atoms with Gasteiger partial charge in [-0.3, -0.25) is 0 Å². The fraction of sp³-hybridized carbons (Fsp3) is 0.167. The summed E-state index contributed by atoms with van der Waals surface area (Å²) in [6.45, 7) is 1.45. The highest BCUT2D eigenvalue weighted by Crippen LogP contribution is 2.37. The second-order valence-corrected chi connectivity index (χ2v) is 8.03. The first kappa shape index (κ1) is 20.0. The Morgan fingerprint density at radius 3 is 1.96 bits per heavy atom. The molecular formula is C18H12F5NO3S. The third-order valence-electron chi connectivity index (χ3n) is 4.01. The summed E-state index contributed by atoms with van der Waals surface area (Å²) in [5.41, 5.74) is -0.494. The van der Waals surface area contributed by atoms with E-state index in [2.05, 4.69) is 5.16 Å². The van der Waals surface area contributed by atoms with Crippen molar-refractivity contribution in [1.29, 1.82) is 0 Å². The first-order chi connectivity index (χ1) is 12.9. The molecule has 148 valence electrons. The van der Waals surface area contributed by atoms with Crippen LogP contribution in [0.4, 0.5) is 22.0 Å². The van der Waals surface area contributed by atoms with E-state index in [-0.39, 0.29) is 28.1 Å². The number of nitrogens with zero attached hydrogens (tertiary/aromatic N) is 1. The lowest BCUT2D eigenvalue weighted by Crippen LogP contribution is -2.05. The molecule has 0 bridgehead atoms. The van der Waals surface area contributed by atoms with Crippen molar-refractivity contribution < 1.29 is 34.9 Å². The SMILES string of the molecule is Cc1onc(-c2ccc(C(F)(F)F)cc2)c1-c1cc(F)c(S(C)(=O)=O)c(F)c1. The molecule has 0 aliphatic heterocycles. The second kappa shape index (κ2) is 6.69. The van der Waals surface area contributed by atoms with Crippen molar-refractivity contribution in [3.05, 3.63) is 59.4 Å². The average molecular weight is 417 g/mol. The van der Waals surface area contributed by atoms with Gasteiger partial charge in [-0.05, 0) is 36.8 Å². The maximum atomic E-state index is 14.3. The van der Waals surface area contributed by atoms with Crippen LogP contribution in [0.15, 0.2) is 45.8 Å². The van der Waals surface area contributed by atoms with Crippen molar-refractivity contribution in [3.8, 4) is 22.4 Å². The summed E-state index contributed by atoms with van der Waals surface area (Å²) in [6, 6.07) is 5.62. The summed E-state index contributed by atoms with van der Waals surface area (Å²) in [5.74, 6) is -2.44. The molecule has 0 fully saturated rings. The predicted molar refractivity (Wildman–Crippen MR) is 90.1 cm³/mol. The summed E-state index contributed by atoms with van der Waals surface area (Å²) in [6.07, 6.45) is -3.85. The van der Waals surface area contributed by atoms with Crippen LogP contribution < -0.4 is 0 Å². The van der Waals surface area contributed by atoms with E-state index in [0.29, 0.717) is 6.26 Å². The fourth-order valence-corrected chi connectivity index (χ4v) is 3.61. The first-order valence-corrected chi connectivity index (χ1v) is 9.62. The van der Waals surface area contributed by atoms with Crippen LogP contribution in [0.25, 0.3) is 22.4 Å². The molecule has 3 rings (SSSR count). The Balaban J connectivity index is 2.15. The van der Waals surface area contributed by atoms with Gasteiger partial charge in [0.2, 0.25) is 0 Å². The van der Waals surface area contributed by atoms with Crippen LogP contribution in [0, 0.1) is 18.6 Å². The molecule has 0 aliphatic rings. The number of halogens is 5. The van der Waals surface area contributed by atoms with E-state index in [4.69, 9.17) is 4.52 Å². The summed E-state index contributed by atoms with van der Waals surface area (Å²) in [7, 11) is -4.14. The number of aromatic nitrogens is 1. The zero-order valence-electron chi connectivity index (χ0n) is 14.4. The normalized spacial score (nSPS) is 12.4. The van der Waals surface area contributed by atoms with Crippen molar-refractivity contribution >= 4 is 9.84 Å². The minimum absolute atomic E-state index is 0.0592. The molecule has 0 atom stereocenters. The standard InChI is InChI=1S/C18H12F5NO3S/c1-9-15(11-7-13(19)17(14(20)8-11)28(2,25)26)16(24-27-9)10-3-5-12(6-4-10)18(21,22)23/h3-8H,1-2H3. The third kappa shape index (κ3) is 3.64. The molecule has 0 spiro atoms. The van der Waals surface area contributed by atoms with Crippen LogP contribution in [0.3, 0.4) is 0 Å². The van der Waals surface area contributed by atoms with Crippen LogP contribution in [-0.4, -0.2) is 19.8 Å². The minimum atomic E-state index is -4.52. The summed E-state index contributed by atoms with van der Waals surface area (Å²) >= 11 is 0. The molecule has 1 aromatic heterocycles. The second-order valence-electron chi connectivity index (χ2n) is 6.08. The van der Waals surface area contributed by atoms with E-state index < -0.39 is 38.1 Å². The average Bonchev–Trinajstić information content (AvgIpc) is 2.93.